The van der Waals surface area contributed by atoms with Crippen molar-refractivity contribution in [2.24, 2.45) is 0 Å². The van der Waals surface area contributed by atoms with Gasteiger partial charge in [0.25, 0.3) is 11.8 Å². The van der Waals surface area contributed by atoms with E-state index in [-0.39, 0.29) is 11.8 Å². The van der Waals surface area contributed by atoms with E-state index in [1.54, 1.807) is 36.4 Å². The summed E-state index contributed by atoms with van der Waals surface area (Å²) in [6, 6.07) is 10.5. The zero-order valence-corrected chi connectivity index (χ0v) is 15.2. The van der Waals surface area contributed by atoms with E-state index in [2.05, 4.69) is 20.9 Å². The molecule has 27 heavy (non-hydrogen) atoms. The Labute approximate surface area is 162 Å². The first-order chi connectivity index (χ1) is 13.1. The summed E-state index contributed by atoms with van der Waals surface area (Å²) >= 11 is 6.15. The topological polar surface area (TPSA) is 102 Å². The maximum Gasteiger partial charge on any atom is 0.270 e. The van der Waals surface area contributed by atoms with Crippen LogP contribution in [0.25, 0.3) is 17.4 Å². The van der Waals surface area contributed by atoms with E-state index in [9.17, 15) is 9.59 Å². The van der Waals surface area contributed by atoms with Crippen molar-refractivity contribution in [3.63, 3.8) is 0 Å². The molecule has 0 aliphatic carbocycles. The molecule has 0 saturated carbocycles. The van der Waals surface area contributed by atoms with Gasteiger partial charge in [-0.05, 0) is 24.3 Å². The Bertz CT molecular complexity index is 1070. The second-order valence-corrected chi connectivity index (χ2v) is 7.16. The van der Waals surface area contributed by atoms with Crippen LogP contribution in [0.5, 0.6) is 0 Å². The number of thioether (sulfide) groups is 1. The van der Waals surface area contributed by atoms with Crippen LogP contribution in [0.15, 0.2) is 58.4 Å². The standard InChI is InChI=1S/C17H11N5O3S2/c23-15(21-22-8-18-19-9-22)11-3-1-2-10(6-11)13-5-4-12(25-13)7-14-16(24)20-17(26)27-14/h1-9H,(H,21,23)(H,20,24,26)/b14-7-. The number of thiocarbonyl (C=S) groups is 1. The molecule has 0 atom stereocenters. The van der Waals surface area contributed by atoms with Crippen molar-refractivity contribution in [3.05, 3.63) is 65.3 Å². The van der Waals surface area contributed by atoms with Crippen LogP contribution in [0.4, 0.5) is 0 Å². The van der Waals surface area contributed by atoms with E-state index in [1.165, 1.54) is 29.1 Å². The highest BCUT2D eigenvalue weighted by Gasteiger charge is 2.22. The highest BCUT2D eigenvalue weighted by Crippen LogP contribution is 2.29. The summed E-state index contributed by atoms with van der Waals surface area (Å²) in [6.07, 6.45) is 4.40. The first-order valence-electron chi connectivity index (χ1n) is 7.69. The molecule has 2 N–H and O–H groups in total. The fourth-order valence-electron chi connectivity index (χ4n) is 2.39. The Balaban J connectivity index is 1.55. The third-order valence-electron chi connectivity index (χ3n) is 3.60. The van der Waals surface area contributed by atoms with E-state index in [0.717, 1.165) is 5.56 Å². The van der Waals surface area contributed by atoms with E-state index < -0.39 is 0 Å². The Kier molecular flexibility index (Phi) is 4.57. The molecular weight excluding hydrogens is 386 g/mol. The molecule has 8 nitrogen and oxygen atoms in total. The summed E-state index contributed by atoms with van der Waals surface area (Å²) in [5.41, 5.74) is 3.82. The summed E-state index contributed by atoms with van der Waals surface area (Å²) < 4.78 is 7.57. The second-order valence-electron chi connectivity index (χ2n) is 5.45. The number of nitrogens with one attached hydrogen (secondary N) is 2. The number of furan rings is 1. The molecule has 3 aromatic rings. The molecule has 3 heterocycles. The van der Waals surface area contributed by atoms with Crippen LogP contribution >= 0.6 is 24.0 Å². The lowest BCUT2D eigenvalue weighted by molar-refractivity contribution is -0.115. The van der Waals surface area contributed by atoms with Crippen molar-refractivity contribution in [1.29, 1.82) is 0 Å². The van der Waals surface area contributed by atoms with Crippen LogP contribution in [0.1, 0.15) is 16.1 Å². The molecule has 134 valence electrons. The number of carbonyl (C=O) groups is 2. The van der Waals surface area contributed by atoms with Crippen molar-refractivity contribution in [1.82, 2.24) is 20.2 Å². The van der Waals surface area contributed by atoms with Gasteiger partial charge in [-0.25, -0.2) is 4.68 Å². The van der Waals surface area contributed by atoms with Gasteiger partial charge in [-0.3, -0.25) is 15.0 Å². The Morgan fingerprint density at radius 3 is 2.81 bits per heavy atom. The lowest BCUT2D eigenvalue weighted by Crippen LogP contribution is -2.21. The minimum atomic E-state index is -0.307. The number of carbonyl (C=O) groups excluding carboxylic acids is 2. The predicted molar refractivity (Wildman–Crippen MR) is 104 cm³/mol. The van der Waals surface area contributed by atoms with Gasteiger partial charge in [-0.1, -0.05) is 36.1 Å². The molecule has 1 aliphatic heterocycles. The third kappa shape index (κ3) is 3.81. The molecule has 2 aromatic heterocycles. The van der Waals surface area contributed by atoms with Crippen molar-refractivity contribution in [2.45, 2.75) is 0 Å². The minimum Gasteiger partial charge on any atom is -0.457 e. The minimum absolute atomic E-state index is 0.240. The zero-order chi connectivity index (χ0) is 18.8. The normalized spacial score (nSPS) is 15.2. The highest BCUT2D eigenvalue weighted by atomic mass is 32.2. The SMILES string of the molecule is O=C1NC(=S)S/C1=C\c1ccc(-c2cccc(C(=O)Nn3cnnc3)c2)o1. The highest BCUT2D eigenvalue weighted by molar-refractivity contribution is 8.26. The number of benzene rings is 1. The number of rotatable bonds is 4. The smallest absolute Gasteiger partial charge is 0.270 e. The largest absolute Gasteiger partial charge is 0.457 e. The van der Waals surface area contributed by atoms with Gasteiger partial charge in [0.15, 0.2) is 0 Å². The first kappa shape index (κ1) is 17.2. The van der Waals surface area contributed by atoms with Gasteiger partial charge in [-0.15, -0.1) is 10.2 Å². The summed E-state index contributed by atoms with van der Waals surface area (Å²) in [7, 11) is 0. The molecule has 0 spiro atoms. The Morgan fingerprint density at radius 1 is 1.26 bits per heavy atom. The maximum absolute atomic E-state index is 12.3. The van der Waals surface area contributed by atoms with Crippen LogP contribution in [0, 0.1) is 0 Å². The number of hydrogen-bond donors (Lipinski definition) is 2. The Hall–Kier alpha value is -3.24. The van der Waals surface area contributed by atoms with E-state index in [1.807, 2.05) is 6.07 Å². The zero-order valence-electron chi connectivity index (χ0n) is 13.6. The molecule has 0 bridgehead atoms. The summed E-state index contributed by atoms with van der Waals surface area (Å²) in [5, 5.41) is 9.81. The third-order valence-corrected chi connectivity index (χ3v) is 4.76. The average molecular weight is 397 g/mol. The van der Waals surface area contributed by atoms with Crippen LogP contribution in [-0.2, 0) is 4.79 Å². The number of amides is 2. The summed E-state index contributed by atoms with van der Waals surface area (Å²) in [4.78, 5) is 24.5. The molecule has 1 saturated heterocycles. The van der Waals surface area contributed by atoms with Crippen molar-refractivity contribution < 1.29 is 14.0 Å². The second kappa shape index (κ2) is 7.17. The average Bonchev–Trinajstić information content (AvgIpc) is 3.38. The molecular formula is C17H11N5O3S2. The predicted octanol–water partition coefficient (Wildman–Crippen LogP) is 2.41. The number of aromatic nitrogens is 3. The van der Waals surface area contributed by atoms with Gasteiger partial charge in [0, 0.05) is 17.2 Å². The van der Waals surface area contributed by atoms with Gasteiger partial charge in [0.05, 0.1) is 4.91 Å². The van der Waals surface area contributed by atoms with Crippen LogP contribution < -0.4 is 10.7 Å². The van der Waals surface area contributed by atoms with Crippen LogP contribution in [-0.4, -0.2) is 31.0 Å². The monoisotopic (exact) mass is 397 g/mol. The molecule has 1 fully saturated rings. The lowest BCUT2D eigenvalue weighted by atomic mass is 10.1. The van der Waals surface area contributed by atoms with Gasteiger partial charge in [0.2, 0.25) is 0 Å². The maximum atomic E-state index is 12.3. The van der Waals surface area contributed by atoms with Gasteiger partial charge in [0.1, 0.15) is 28.5 Å². The number of nitrogens with zero attached hydrogens (tertiary/aromatic N) is 3. The lowest BCUT2D eigenvalue weighted by Gasteiger charge is -2.05. The van der Waals surface area contributed by atoms with Gasteiger partial charge in [-0.2, -0.15) is 0 Å². The van der Waals surface area contributed by atoms with Gasteiger partial charge < -0.3 is 9.73 Å². The quantitative estimate of drug-likeness (QED) is 0.515. The van der Waals surface area contributed by atoms with E-state index >= 15 is 0 Å². The van der Waals surface area contributed by atoms with Crippen molar-refractivity contribution in [2.75, 3.05) is 5.43 Å². The van der Waals surface area contributed by atoms with E-state index in [4.69, 9.17) is 16.6 Å². The van der Waals surface area contributed by atoms with Crippen molar-refractivity contribution >= 4 is 46.2 Å². The molecule has 0 unspecified atom stereocenters. The molecule has 2 amide bonds. The molecule has 1 aromatic carbocycles. The first-order valence-corrected chi connectivity index (χ1v) is 8.92. The fourth-order valence-corrected chi connectivity index (χ4v) is 3.41. The fraction of sp³-hybridized carbons (Fsp3) is 0. The molecule has 0 radical (unpaired) electrons. The van der Waals surface area contributed by atoms with Crippen molar-refractivity contribution in [3.8, 4) is 11.3 Å². The van der Waals surface area contributed by atoms with Crippen LogP contribution in [0.3, 0.4) is 0 Å². The summed E-state index contributed by atoms with van der Waals surface area (Å²) in [6.45, 7) is 0. The van der Waals surface area contributed by atoms with Gasteiger partial charge >= 0.3 is 0 Å². The summed E-state index contributed by atoms with van der Waals surface area (Å²) in [5.74, 6) is 0.548. The number of hydrogen-bond acceptors (Lipinski definition) is 7. The van der Waals surface area contributed by atoms with Crippen LogP contribution in [0.2, 0.25) is 0 Å². The Morgan fingerprint density at radius 2 is 2.07 bits per heavy atom. The van der Waals surface area contributed by atoms with E-state index in [0.29, 0.717) is 26.3 Å². The molecule has 10 heteroatoms. The molecule has 1 aliphatic rings. The molecule has 4 rings (SSSR count).